The molecular formula is C11H20O4. The number of carboxylic acid groups (broad SMARTS) is 2. The van der Waals surface area contributed by atoms with E-state index in [1.807, 2.05) is 6.92 Å². The van der Waals surface area contributed by atoms with Crippen molar-refractivity contribution >= 4 is 11.9 Å². The summed E-state index contributed by atoms with van der Waals surface area (Å²) in [6.45, 7) is 5.42. The Morgan fingerprint density at radius 1 is 0.867 bits per heavy atom. The third-order valence-corrected chi connectivity index (χ3v) is 3.02. The zero-order chi connectivity index (χ0) is 12.0. The van der Waals surface area contributed by atoms with Crippen LogP contribution in [0.25, 0.3) is 0 Å². The van der Waals surface area contributed by atoms with Crippen LogP contribution in [0.4, 0.5) is 0 Å². The molecule has 0 bridgehead atoms. The topological polar surface area (TPSA) is 74.6 Å². The maximum Gasteiger partial charge on any atom is 0.306 e. The van der Waals surface area contributed by atoms with E-state index in [4.69, 9.17) is 10.2 Å². The summed E-state index contributed by atoms with van der Waals surface area (Å²) in [6.07, 6.45) is 1.56. The molecule has 2 unspecified atom stereocenters. The van der Waals surface area contributed by atoms with Crippen molar-refractivity contribution in [2.45, 2.75) is 40.0 Å². The van der Waals surface area contributed by atoms with E-state index in [0.29, 0.717) is 19.3 Å². The summed E-state index contributed by atoms with van der Waals surface area (Å²) in [6, 6.07) is 0. The molecule has 88 valence electrons. The van der Waals surface area contributed by atoms with Crippen molar-refractivity contribution in [3.63, 3.8) is 0 Å². The fraction of sp³-hybridized carbons (Fsp3) is 0.818. The van der Waals surface area contributed by atoms with Gasteiger partial charge < -0.3 is 10.2 Å². The SMILES string of the molecule is CCC(C(=O)O)C(CC)C(CC)C(=O)O. The Kier molecular flexibility index (Phi) is 5.97. The highest BCUT2D eigenvalue weighted by Crippen LogP contribution is 2.29. The molecule has 15 heavy (non-hydrogen) atoms. The van der Waals surface area contributed by atoms with Crippen molar-refractivity contribution < 1.29 is 19.8 Å². The van der Waals surface area contributed by atoms with E-state index in [1.54, 1.807) is 13.8 Å². The van der Waals surface area contributed by atoms with Gasteiger partial charge in [0.15, 0.2) is 0 Å². The fourth-order valence-corrected chi connectivity index (χ4v) is 2.17. The summed E-state index contributed by atoms with van der Waals surface area (Å²) in [5.41, 5.74) is 0. The van der Waals surface area contributed by atoms with Gasteiger partial charge in [-0.3, -0.25) is 9.59 Å². The van der Waals surface area contributed by atoms with E-state index < -0.39 is 23.8 Å². The number of carbonyl (C=O) groups is 2. The summed E-state index contributed by atoms with van der Waals surface area (Å²) >= 11 is 0. The van der Waals surface area contributed by atoms with Gasteiger partial charge in [0.25, 0.3) is 0 Å². The largest absolute Gasteiger partial charge is 0.481 e. The van der Waals surface area contributed by atoms with Crippen molar-refractivity contribution in [1.29, 1.82) is 0 Å². The third-order valence-electron chi connectivity index (χ3n) is 3.02. The fourth-order valence-electron chi connectivity index (χ4n) is 2.17. The van der Waals surface area contributed by atoms with Crippen molar-refractivity contribution in [2.24, 2.45) is 17.8 Å². The van der Waals surface area contributed by atoms with E-state index in [1.165, 1.54) is 0 Å². The van der Waals surface area contributed by atoms with Crippen LogP contribution in [0, 0.1) is 17.8 Å². The lowest BCUT2D eigenvalue weighted by Crippen LogP contribution is -2.32. The predicted molar refractivity (Wildman–Crippen MR) is 56.6 cm³/mol. The monoisotopic (exact) mass is 216 g/mol. The number of rotatable bonds is 7. The van der Waals surface area contributed by atoms with Gasteiger partial charge in [-0.05, 0) is 18.8 Å². The normalized spacial score (nSPS) is 16.7. The second kappa shape index (κ2) is 6.43. The van der Waals surface area contributed by atoms with Crippen LogP contribution in [0.2, 0.25) is 0 Å². The first-order chi connectivity index (χ1) is 6.99. The first-order valence-corrected chi connectivity index (χ1v) is 5.45. The Morgan fingerprint density at radius 2 is 1.20 bits per heavy atom. The molecule has 2 N–H and O–H groups in total. The molecule has 0 aromatic rings. The Hall–Kier alpha value is -1.06. The summed E-state index contributed by atoms with van der Waals surface area (Å²) in [5.74, 6) is -3.13. The number of hydrogen-bond acceptors (Lipinski definition) is 2. The van der Waals surface area contributed by atoms with Crippen molar-refractivity contribution in [3.05, 3.63) is 0 Å². The van der Waals surface area contributed by atoms with Crippen molar-refractivity contribution in [2.75, 3.05) is 0 Å². The molecule has 0 aliphatic rings. The van der Waals surface area contributed by atoms with Gasteiger partial charge >= 0.3 is 11.9 Å². The van der Waals surface area contributed by atoms with Gasteiger partial charge in [0.1, 0.15) is 0 Å². The number of hydrogen-bond donors (Lipinski definition) is 2. The van der Waals surface area contributed by atoms with Crippen LogP contribution in [0.1, 0.15) is 40.0 Å². The smallest absolute Gasteiger partial charge is 0.306 e. The zero-order valence-corrected chi connectivity index (χ0v) is 9.56. The maximum absolute atomic E-state index is 11.0. The van der Waals surface area contributed by atoms with E-state index in [-0.39, 0.29) is 5.92 Å². The van der Waals surface area contributed by atoms with Gasteiger partial charge in [-0.15, -0.1) is 0 Å². The quantitative estimate of drug-likeness (QED) is 0.684. The van der Waals surface area contributed by atoms with Crippen LogP contribution in [0.5, 0.6) is 0 Å². The lowest BCUT2D eigenvalue weighted by atomic mass is 9.77. The average molecular weight is 216 g/mol. The molecule has 0 saturated carbocycles. The van der Waals surface area contributed by atoms with E-state index in [0.717, 1.165) is 0 Å². The number of carboxylic acids is 2. The second-order valence-electron chi connectivity index (χ2n) is 3.78. The molecule has 0 aromatic carbocycles. The summed E-state index contributed by atoms with van der Waals surface area (Å²) in [5, 5.41) is 18.0. The van der Waals surface area contributed by atoms with Crippen molar-refractivity contribution in [3.8, 4) is 0 Å². The molecule has 0 spiro atoms. The van der Waals surface area contributed by atoms with E-state index in [9.17, 15) is 9.59 Å². The van der Waals surface area contributed by atoms with Crippen LogP contribution >= 0.6 is 0 Å². The molecule has 0 amide bonds. The Morgan fingerprint density at radius 3 is 1.33 bits per heavy atom. The van der Waals surface area contributed by atoms with Crippen LogP contribution in [0.3, 0.4) is 0 Å². The molecule has 0 aromatic heterocycles. The molecule has 0 fully saturated rings. The Balaban J connectivity index is 4.84. The van der Waals surface area contributed by atoms with Crippen LogP contribution in [-0.4, -0.2) is 22.2 Å². The van der Waals surface area contributed by atoms with Gasteiger partial charge in [-0.2, -0.15) is 0 Å². The molecule has 4 heteroatoms. The minimum absolute atomic E-state index is 0.269. The minimum atomic E-state index is -0.885. The highest BCUT2D eigenvalue weighted by Gasteiger charge is 2.34. The number of aliphatic carboxylic acids is 2. The van der Waals surface area contributed by atoms with Crippen molar-refractivity contribution in [1.82, 2.24) is 0 Å². The molecule has 0 saturated heterocycles. The van der Waals surface area contributed by atoms with Gasteiger partial charge in [0, 0.05) is 0 Å². The molecule has 4 nitrogen and oxygen atoms in total. The first-order valence-electron chi connectivity index (χ1n) is 5.45. The molecule has 0 heterocycles. The predicted octanol–water partition coefficient (Wildman–Crippen LogP) is 2.23. The summed E-state index contributed by atoms with van der Waals surface area (Å²) < 4.78 is 0. The average Bonchev–Trinajstić information content (AvgIpc) is 2.16. The minimum Gasteiger partial charge on any atom is -0.481 e. The highest BCUT2D eigenvalue weighted by molar-refractivity contribution is 5.74. The molecular weight excluding hydrogens is 196 g/mol. The molecule has 0 radical (unpaired) electrons. The lowest BCUT2D eigenvalue weighted by molar-refractivity contribution is -0.150. The van der Waals surface area contributed by atoms with E-state index >= 15 is 0 Å². The van der Waals surface area contributed by atoms with Gasteiger partial charge in [0.2, 0.25) is 0 Å². The summed E-state index contributed by atoms with van der Waals surface area (Å²) in [4.78, 5) is 22.0. The van der Waals surface area contributed by atoms with Crippen LogP contribution in [0.15, 0.2) is 0 Å². The van der Waals surface area contributed by atoms with Gasteiger partial charge in [-0.25, -0.2) is 0 Å². The van der Waals surface area contributed by atoms with Crippen LogP contribution < -0.4 is 0 Å². The molecule has 0 aliphatic carbocycles. The van der Waals surface area contributed by atoms with Crippen LogP contribution in [-0.2, 0) is 9.59 Å². The molecule has 0 aliphatic heterocycles. The third kappa shape index (κ3) is 3.53. The molecule has 2 atom stereocenters. The summed E-state index contributed by atoms with van der Waals surface area (Å²) in [7, 11) is 0. The van der Waals surface area contributed by atoms with Gasteiger partial charge in [-0.1, -0.05) is 27.2 Å². The Bertz CT molecular complexity index is 203. The Labute approximate surface area is 90.3 Å². The van der Waals surface area contributed by atoms with Gasteiger partial charge in [0.05, 0.1) is 11.8 Å². The highest BCUT2D eigenvalue weighted by atomic mass is 16.4. The maximum atomic E-state index is 11.0. The van der Waals surface area contributed by atoms with E-state index in [2.05, 4.69) is 0 Å². The lowest BCUT2D eigenvalue weighted by Gasteiger charge is -2.26. The second-order valence-corrected chi connectivity index (χ2v) is 3.78. The molecule has 0 rings (SSSR count). The zero-order valence-electron chi connectivity index (χ0n) is 9.56. The standard InChI is InChI=1S/C11H20O4/c1-4-7(8(5-2)10(12)13)9(6-3)11(14)15/h7-9H,4-6H2,1-3H3,(H,12,13)(H,14,15). The first kappa shape index (κ1) is 13.9.